The first-order valence-electron chi connectivity index (χ1n) is 9.00. The predicted octanol–water partition coefficient (Wildman–Crippen LogP) is 1.53. The van der Waals surface area contributed by atoms with Crippen LogP contribution in [0.25, 0.3) is 0 Å². The first-order valence-corrected chi connectivity index (χ1v) is 9.00. The lowest BCUT2D eigenvalue weighted by Crippen LogP contribution is -2.41. The van der Waals surface area contributed by atoms with E-state index in [-0.39, 0.29) is 17.9 Å². The molecule has 2 heterocycles. The fourth-order valence-corrected chi connectivity index (χ4v) is 3.63. The molecule has 1 aromatic rings. The molecule has 134 valence electrons. The average molecular weight is 336 g/mol. The van der Waals surface area contributed by atoms with E-state index in [1.807, 2.05) is 10.9 Å². The van der Waals surface area contributed by atoms with Crippen molar-refractivity contribution in [2.24, 2.45) is 5.92 Å². The van der Waals surface area contributed by atoms with Gasteiger partial charge in [0.25, 0.3) is 0 Å². The third-order valence-corrected chi connectivity index (χ3v) is 5.15. The number of carbonyl (C=O) groups is 1. The second kappa shape index (κ2) is 7.19. The first kappa shape index (κ1) is 17.4. The number of nitrogens with zero attached hydrogens (tertiary/aromatic N) is 3. The molecule has 1 aliphatic carbocycles. The maximum absolute atomic E-state index is 11.5. The smallest absolute Gasteiger partial charge is 0.309 e. The summed E-state index contributed by atoms with van der Waals surface area (Å²) in [5, 5.41) is 22.1. The molecule has 0 spiro atoms. The highest BCUT2D eigenvalue weighted by Gasteiger charge is 2.30. The van der Waals surface area contributed by atoms with Gasteiger partial charge in [-0.3, -0.25) is 4.79 Å². The summed E-state index contributed by atoms with van der Waals surface area (Å²) in [6.45, 7) is 4.82. The van der Waals surface area contributed by atoms with Crippen LogP contribution in [0.15, 0.2) is 6.20 Å². The highest BCUT2D eigenvalue weighted by Crippen LogP contribution is 2.29. The maximum atomic E-state index is 11.5. The van der Waals surface area contributed by atoms with Gasteiger partial charge in [-0.25, -0.2) is 4.68 Å². The zero-order valence-electron chi connectivity index (χ0n) is 14.6. The van der Waals surface area contributed by atoms with Gasteiger partial charge < -0.3 is 15.2 Å². The van der Waals surface area contributed by atoms with E-state index in [1.54, 1.807) is 13.8 Å². The second-order valence-corrected chi connectivity index (χ2v) is 7.50. The van der Waals surface area contributed by atoms with Gasteiger partial charge in [-0.1, -0.05) is 18.1 Å². The molecule has 3 atom stereocenters. The lowest BCUT2D eigenvalue weighted by atomic mass is 9.90. The molecule has 0 aromatic carbocycles. The summed E-state index contributed by atoms with van der Waals surface area (Å²) >= 11 is 0. The molecular formula is C17H28N4O3. The molecule has 24 heavy (non-hydrogen) atoms. The van der Waals surface area contributed by atoms with Crippen LogP contribution in [-0.4, -0.2) is 45.3 Å². The first-order chi connectivity index (χ1) is 11.4. The quantitative estimate of drug-likeness (QED) is 0.766. The number of ether oxygens (including phenoxy) is 1. The van der Waals surface area contributed by atoms with Crippen molar-refractivity contribution < 1.29 is 14.6 Å². The minimum atomic E-state index is -0.974. The van der Waals surface area contributed by atoms with Gasteiger partial charge in [0, 0.05) is 6.04 Å². The Morgan fingerprint density at radius 1 is 1.38 bits per heavy atom. The molecule has 1 saturated carbocycles. The Hall–Kier alpha value is -1.47. The van der Waals surface area contributed by atoms with Gasteiger partial charge in [0.1, 0.15) is 11.3 Å². The molecule has 0 amide bonds. The standard InChI is InChI=1S/C17H28N4O3/c1-17(2,23)15-11-21(20-19-15)14-6-4-3-5-13(14)18-9-7-12-8-10-24-16(12)22/h11-14,18,23H,3-10H2,1-2H3/t12?,13-,14+/m0/s1. The Kier molecular flexibility index (Phi) is 5.20. The van der Waals surface area contributed by atoms with Gasteiger partial charge in [-0.15, -0.1) is 5.10 Å². The topological polar surface area (TPSA) is 89.3 Å². The maximum Gasteiger partial charge on any atom is 0.309 e. The number of carbonyl (C=O) groups excluding carboxylic acids is 1. The SMILES string of the molecule is CC(C)(O)c1cn([C@@H]2CCCC[C@@H]2NCCC2CCOC2=O)nn1. The summed E-state index contributed by atoms with van der Waals surface area (Å²) in [6.07, 6.45) is 8.05. The summed E-state index contributed by atoms with van der Waals surface area (Å²) in [5.74, 6) is -0.00390. The molecule has 3 rings (SSSR count). The molecule has 7 nitrogen and oxygen atoms in total. The largest absolute Gasteiger partial charge is 0.465 e. The predicted molar refractivity (Wildman–Crippen MR) is 88.2 cm³/mol. The number of hydrogen-bond donors (Lipinski definition) is 2. The number of rotatable bonds is 6. The number of esters is 1. The third kappa shape index (κ3) is 3.95. The molecule has 2 fully saturated rings. The van der Waals surface area contributed by atoms with Crippen LogP contribution < -0.4 is 5.32 Å². The Morgan fingerprint density at radius 3 is 2.83 bits per heavy atom. The fourth-order valence-electron chi connectivity index (χ4n) is 3.63. The van der Waals surface area contributed by atoms with E-state index in [0.29, 0.717) is 18.3 Å². The molecule has 1 unspecified atom stereocenters. The number of hydrogen-bond acceptors (Lipinski definition) is 6. The monoisotopic (exact) mass is 336 g/mol. The van der Waals surface area contributed by atoms with Crippen molar-refractivity contribution >= 4 is 5.97 Å². The van der Waals surface area contributed by atoms with Gasteiger partial charge >= 0.3 is 5.97 Å². The number of cyclic esters (lactones) is 1. The van der Waals surface area contributed by atoms with Crippen LogP contribution in [0, 0.1) is 5.92 Å². The Morgan fingerprint density at radius 2 is 2.17 bits per heavy atom. The van der Waals surface area contributed by atoms with Crippen molar-refractivity contribution in [1.29, 1.82) is 0 Å². The molecule has 2 aliphatic rings. The lowest BCUT2D eigenvalue weighted by Gasteiger charge is -2.32. The molecule has 0 bridgehead atoms. The van der Waals surface area contributed by atoms with E-state index in [0.717, 1.165) is 32.2 Å². The summed E-state index contributed by atoms with van der Waals surface area (Å²) in [7, 11) is 0. The summed E-state index contributed by atoms with van der Waals surface area (Å²) < 4.78 is 6.92. The van der Waals surface area contributed by atoms with Crippen LogP contribution >= 0.6 is 0 Å². The Balaban J connectivity index is 1.59. The molecule has 1 aliphatic heterocycles. The fraction of sp³-hybridized carbons (Fsp3) is 0.824. The lowest BCUT2D eigenvalue weighted by molar-refractivity contribution is -0.141. The minimum absolute atomic E-state index is 0.0488. The van der Waals surface area contributed by atoms with Crippen LogP contribution in [0.1, 0.15) is 64.1 Å². The number of aliphatic hydroxyl groups is 1. The van der Waals surface area contributed by atoms with Crippen LogP contribution in [-0.2, 0) is 15.1 Å². The Labute approximate surface area is 142 Å². The van der Waals surface area contributed by atoms with Crippen molar-refractivity contribution in [3.05, 3.63) is 11.9 Å². The molecule has 1 aromatic heterocycles. The van der Waals surface area contributed by atoms with Crippen molar-refractivity contribution in [3.8, 4) is 0 Å². The minimum Gasteiger partial charge on any atom is -0.465 e. The molecule has 2 N–H and O–H groups in total. The summed E-state index contributed by atoms with van der Waals surface area (Å²) in [5.41, 5.74) is -0.376. The Bertz CT molecular complexity index is 566. The van der Waals surface area contributed by atoms with Gasteiger partial charge in [0.05, 0.1) is 24.8 Å². The van der Waals surface area contributed by atoms with Crippen molar-refractivity contribution in [3.63, 3.8) is 0 Å². The van der Waals surface area contributed by atoms with Gasteiger partial charge in [-0.05, 0) is 46.1 Å². The van der Waals surface area contributed by atoms with E-state index < -0.39 is 5.60 Å². The van der Waals surface area contributed by atoms with Crippen LogP contribution in [0.5, 0.6) is 0 Å². The van der Waals surface area contributed by atoms with E-state index in [2.05, 4.69) is 15.6 Å². The van der Waals surface area contributed by atoms with Crippen LogP contribution in [0.2, 0.25) is 0 Å². The average Bonchev–Trinajstić information content (AvgIpc) is 3.17. The normalized spacial score (nSPS) is 28.1. The van der Waals surface area contributed by atoms with E-state index >= 15 is 0 Å². The number of nitrogens with one attached hydrogen (secondary N) is 1. The molecule has 7 heteroatoms. The van der Waals surface area contributed by atoms with E-state index in [9.17, 15) is 9.90 Å². The summed E-state index contributed by atoms with van der Waals surface area (Å²) in [4.78, 5) is 11.5. The van der Waals surface area contributed by atoms with Gasteiger partial charge in [-0.2, -0.15) is 0 Å². The van der Waals surface area contributed by atoms with Crippen LogP contribution in [0.3, 0.4) is 0 Å². The van der Waals surface area contributed by atoms with Crippen molar-refractivity contribution in [2.75, 3.05) is 13.2 Å². The third-order valence-electron chi connectivity index (χ3n) is 5.15. The van der Waals surface area contributed by atoms with Crippen LogP contribution in [0.4, 0.5) is 0 Å². The zero-order chi connectivity index (χ0) is 17.2. The molecule has 1 saturated heterocycles. The van der Waals surface area contributed by atoms with Crippen molar-refractivity contribution in [2.45, 2.75) is 70.1 Å². The van der Waals surface area contributed by atoms with Gasteiger partial charge in [0.15, 0.2) is 0 Å². The molecular weight excluding hydrogens is 308 g/mol. The zero-order valence-corrected chi connectivity index (χ0v) is 14.6. The van der Waals surface area contributed by atoms with E-state index in [4.69, 9.17) is 4.74 Å². The van der Waals surface area contributed by atoms with Gasteiger partial charge in [0.2, 0.25) is 0 Å². The highest BCUT2D eigenvalue weighted by molar-refractivity contribution is 5.74. The second-order valence-electron chi connectivity index (χ2n) is 7.50. The number of aromatic nitrogens is 3. The molecule has 0 radical (unpaired) electrons. The van der Waals surface area contributed by atoms with Crippen molar-refractivity contribution in [1.82, 2.24) is 20.3 Å². The van der Waals surface area contributed by atoms with E-state index in [1.165, 1.54) is 12.8 Å². The highest BCUT2D eigenvalue weighted by atomic mass is 16.5. The summed E-state index contributed by atoms with van der Waals surface area (Å²) in [6, 6.07) is 0.574.